The number of aromatic nitrogens is 7. The summed E-state index contributed by atoms with van der Waals surface area (Å²) in [7, 11) is 1.89. The third-order valence-corrected chi connectivity index (χ3v) is 2.61. The van der Waals surface area contributed by atoms with Crippen LogP contribution >= 0.6 is 0 Å². The second kappa shape index (κ2) is 4.06. The zero-order valence-corrected chi connectivity index (χ0v) is 10.1. The van der Waals surface area contributed by atoms with Gasteiger partial charge in [-0.3, -0.25) is 9.67 Å². The van der Waals surface area contributed by atoms with E-state index in [9.17, 15) is 0 Å². The summed E-state index contributed by atoms with van der Waals surface area (Å²) in [5.41, 5.74) is 2.52. The Hall–Kier alpha value is -2.51. The van der Waals surface area contributed by atoms with Gasteiger partial charge in [0, 0.05) is 13.2 Å². The van der Waals surface area contributed by atoms with Crippen molar-refractivity contribution in [3.63, 3.8) is 0 Å². The Kier molecular flexibility index (Phi) is 2.40. The van der Waals surface area contributed by atoms with Gasteiger partial charge < -0.3 is 5.32 Å². The second-order valence-corrected chi connectivity index (χ2v) is 3.88. The van der Waals surface area contributed by atoms with Crippen LogP contribution < -0.4 is 5.32 Å². The summed E-state index contributed by atoms with van der Waals surface area (Å²) in [5, 5.41) is 19.0. The first-order valence-electron chi connectivity index (χ1n) is 5.59. The number of rotatable bonds is 3. The van der Waals surface area contributed by atoms with Crippen molar-refractivity contribution >= 4 is 17.2 Å². The highest BCUT2D eigenvalue weighted by Gasteiger charge is 2.09. The fraction of sp³-hybridized carbons (Fsp3) is 0.300. The Balaban J connectivity index is 2.03. The fourth-order valence-corrected chi connectivity index (χ4v) is 1.80. The van der Waals surface area contributed by atoms with E-state index in [1.165, 1.54) is 0 Å². The van der Waals surface area contributed by atoms with Gasteiger partial charge in [-0.05, 0) is 16.8 Å². The molecular formula is C10H12N8. The van der Waals surface area contributed by atoms with E-state index in [0.717, 1.165) is 17.8 Å². The molecule has 0 spiro atoms. The number of tetrazole rings is 1. The molecule has 0 amide bonds. The molecule has 0 atom stereocenters. The molecule has 8 nitrogen and oxygen atoms in total. The van der Waals surface area contributed by atoms with Crippen LogP contribution in [0, 0.1) is 0 Å². The molecule has 1 N–H and O–H groups in total. The minimum atomic E-state index is 0.599. The summed E-state index contributed by atoms with van der Waals surface area (Å²) in [6.45, 7) is 2.06. The van der Waals surface area contributed by atoms with E-state index in [2.05, 4.69) is 37.8 Å². The summed E-state index contributed by atoms with van der Waals surface area (Å²) in [6.07, 6.45) is 6.05. The molecule has 8 heteroatoms. The SMILES string of the molecule is CCc1nn(C)cc1Nc1cncc2nnnn12. The van der Waals surface area contributed by atoms with Crippen LogP contribution in [0.5, 0.6) is 0 Å². The molecule has 0 aliphatic rings. The van der Waals surface area contributed by atoms with Crippen molar-refractivity contribution in [3.05, 3.63) is 24.3 Å². The highest BCUT2D eigenvalue weighted by Crippen LogP contribution is 2.19. The molecule has 0 bridgehead atoms. The molecule has 92 valence electrons. The molecule has 0 saturated carbocycles. The van der Waals surface area contributed by atoms with Crippen LogP contribution in [0.15, 0.2) is 18.6 Å². The smallest absolute Gasteiger partial charge is 0.199 e. The predicted molar refractivity (Wildman–Crippen MR) is 64.4 cm³/mol. The maximum Gasteiger partial charge on any atom is 0.199 e. The third kappa shape index (κ3) is 1.67. The Morgan fingerprint density at radius 1 is 1.33 bits per heavy atom. The van der Waals surface area contributed by atoms with Gasteiger partial charge in [-0.25, -0.2) is 0 Å². The van der Waals surface area contributed by atoms with Crippen molar-refractivity contribution in [2.75, 3.05) is 5.32 Å². The molecule has 0 aliphatic heterocycles. The van der Waals surface area contributed by atoms with E-state index in [0.29, 0.717) is 11.5 Å². The largest absolute Gasteiger partial charge is 0.336 e. The van der Waals surface area contributed by atoms with Gasteiger partial charge in [-0.1, -0.05) is 6.92 Å². The topological polar surface area (TPSA) is 85.8 Å². The summed E-state index contributed by atoms with van der Waals surface area (Å²) < 4.78 is 3.37. The Labute approximate surface area is 103 Å². The number of nitrogens with zero attached hydrogens (tertiary/aromatic N) is 7. The van der Waals surface area contributed by atoms with E-state index in [1.807, 2.05) is 13.2 Å². The number of hydrogen-bond acceptors (Lipinski definition) is 6. The van der Waals surface area contributed by atoms with Gasteiger partial charge in [0.2, 0.25) is 0 Å². The molecule has 3 aromatic rings. The Bertz CT molecular complexity index is 682. The maximum absolute atomic E-state index is 4.37. The third-order valence-electron chi connectivity index (χ3n) is 2.61. The van der Waals surface area contributed by atoms with Gasteiger partial charge in [0.1, 0.15) is 0 Å². The minimum absolute atomic E-state index is 0.599. The quantitative estimate of drug-likeness (QED) is 0.724. The summed E-state index contributed by atoms with van der Waals surface area (Å²) in [4.78, 5) is 4.09. The van der Waals surface area contributed by atoms with Crippen LogP contribution in [0.1, 0.15) is 12.6 Å². The molecule has 0 aliphatic carbocycles. The Morgan fingerprint density at radius 2 is 2.22 bits per heavy atom. The van der Waals surface area contributed by atoms with Crippen molar-refractivity contribution in [1.29, 1.82) is 0 Å². The lowest BCUT2D eigenvalue weighted by Crippen LogP contribution is -2.01. The molecule has 3 rings (SSSR count). The van der Waals surface area contributed by atoms with Crippen molar-refractivity contribution < 1.29 is 0 Å². The van der Waals surface area contributed by atoms with Crippen molar-refractivity contribution in [2.24, 2.45) is 7.05 Å². The zero-order valence-electron chi connectivity index (χ0n) is 10.1. The molecular weight excluding hydrogens is 232 g/mol. The standard InChI is InChI=1S/C10H12N8/c1-3-7-8(6-17(2)14-7)12-9-4-11-5-10-13-15-16-18(9)10/h4-6,12H,3H2,1-2H3. The zero-order chi connectivity index (χ0) is 12.5. The molecule has 0 fully saturated rings. The van der Waals surface area contributed by atoms with Gasteiger partial charge in [-0.2, -0.15) is 9.61 Å². The van der Waals surface area contributed by atoms with Crippen molar-refractivity contribution in [3.8, 4) is 0 Å². The normalized spacial score (nSPS) is 11.0. The first-order valence-corrected chi connectivity index (χ1v) is 5.59. The highest BCUT2D eigenvalue weighted by atomic mass is 15.5. The fourth-order valence-electron chi connectivity index (χ4n) is 1.80. The molecule has 0 saturated heterocycles. The number of nitrogens with one attached hydrogen (secondary N) is 1. The lowest BCUT2D eigenvalue weighted by atomic mass is 10.3. The van der Waals surface area contributed by atoms with Gasteiger partial charge in [-0.15, -0.1) is 5.10 Å². The number of anilines is 2. The average molecular weight is 244 g/mol. The van der Waals surface area contributed by atoms with Crippen LogP contribution in [0.3, 0.4) is 0 Å². The van der Waals surface area contributed by atoms with E-state index in [1.54, 1.807) is 21.6 Å². The number of aryl methyl sites for hydroxylation is 2. The summed E-state index contributed by atoms with van der Waals surface area (Å²) >= 11 is 0. The highest BCUT2D eigenvalue weighted by molar-refractivity contribution is 5.59. The van der Waals surface area contributed by atoms with E-state index < -0.39 is 0 Å². The molecule has 0 radical (unpaired) electrons. The second-order valence-electron chi connectivity index (χ2n) is 3.88. The lowest BCUT2D eigenvalue weighted by molar-refractivity contribution is 0.746. The first kappa shape index (κ1) is 10.6. The molecule has 0 unspecified atom stereocenters. The van der Waals surface area contributed by atoms with Gasteiger partial charge in [0.15, 0.2) is 11.5 Å². The van der Waals surface area contributed by atoms with Crippen LogP contribution in [-0.2, 0) is 13.5 Å². The van der Waals surface area contributed by atoms with Crippen molar-refractivity contribution in [1.82, 2.24) is 34.8 Å². The van der Waals surface area contributed by atoms with Crippen LogP contribution in [0.25, 0.3) is 5.65 Å². The summed E-state index contributed by atoms with van der Waals surface area (Å²) in [5.74, 6) is 0.709. The van der Waals surface area contributed by atoms with E-state index in [-0.39, 0.29) is 0 Å². The van der Waals surface area contributed by atoms with Gasteiger partial charge >= 0.3 is 0 Å². The van der Waals surface area contributed by atoms with Gasteiger partial charge in [0.25, 0.3) is 0 Å². The van der Waals surface area contributed by atoms with Crippen LogP contribution in [0.4, 0.5) is 11.5 Å². The predicted octanol–water partition coefficient (Wildman–Crippen LogP) is 0.559. The monoisotopic (exact) mass is 244 g/mol. The number of hydrogen-bond donors (Lipinski definition) is 1. The molecule has 3 heterocycles. The van der Waals surface area contributed by atoms with Gasteiger partial charge in [0.05, 0.1) is 23.8 Å². The molecule has 0 aromatic carbocycles. The Morgan fingerprint density at radius 3 is 3.06 bits per heavy atom. The van der Waals surface area contributed by atoms with E-state index >= 15 is 0 Å². The minimum Gasteiger partial charge on any atom is -0.336 e. The molecule has 18 heavy (non-hydrogen) atoms. The van der Waals surface area contributed by atoms with Crippen LogP contribution in [-0.4, -0.2) is 34.8 Å². The van der Waals surface area contributed by atoms with E-state index in [4.69, 9.17) is 0 Å². The van der Waals surface area contributed by atoms with Crippen molar-refractivity contribution in [2.45, 2.75) is 13.3 Å². The number of fused-ring (bicyclic) bond motifs is 1. The summed E-state index contributed by atoms with van der Waals surface area (Å²) in [6, 6.07) is 0. The molecule has 3 aromatic heterocycles. The average Bonchev–Trinajstić information content (AvgIpc) is 2.96. The first-order chi connectivity index (χ1) is 8.78. The van der Waals surface area contributed by atoms with Crippen LogP contribution in [0.2, 0.25) is 0 Å². The lowest BCUT2D eigenvalue weighted by Gasteiger charge is -2.05. The maximum atomic E-state index is 4.37.